The Hall–Kier alpha value is -2.59. The highest BCUT2D eigenvalue weighted by Gasteiger charge is 2.23. The number of hydrogen-bond donors (Lipinski definition) is 0. The van der Waals surface area contributed by atoms with Gasteiger partial charge in [0.2, 0.25) is 0 Å². The summed E-state index contributed by atoms with van der Waals surface area (Å²) < 4.78 is 31.6. The van der Waals surface area contributed by atoms with E-state index in [2.05, 4.69) is 19.1 Å². The van der Waals surface area contributed by atoms with Crippen LogP contribution in [-0.2, 0) is 23.0 Å². The van der Waals surface area contributed by atoms with Crippen molar-refractivity contribution in [1.29, 1.82) is 0 Å². The molecule has 0 atom stereocenters. The van der Waals surface area contributed by atoms with Crippen LogP contribution in [0.25, 0.3) is 11.1 Å². The Bertz CT molecular complexity index is 1160. The Morgan fingerprint density at radius 3 is 2.24 bits per heavy atom. The minimum atomic E-state index is -3.91. The highest BCUT2D eigenvalue weighted by Crippen LogP contribution is 2.40. The lowest BCUT2D eigenvalue weighted by molar-refractivity contribution is 0.486. The Balaban J connectivity index is 1.84. The van der Waals surface area contributed by atoms with Gasteiger partial charge in [0.15, 0.2) is 5.75 Å². The van der Waals surface area contributed by atoms with E-state index in [1.54, 1.807) is 24.3 Å². The van der Waals surface area contributed by atoms with E-state index in [4.69, 9.17) is 4.18 Å². The molecule has 3 aromatic carbocycles. The van der Waals surface area contributed by atoms with Crippen molar-refractivity contribution in [2.75, 3.05) is 0 Å². The molecule has 0 bridgehead atoms. The molecule has 0 radical (unpaired) electrons. The lowest BCUT2D eigenvalue weighted by Crippen LogP contribution is -2.11. The minimum Gasteiger partial charge on any atom is -0.378 e. The van der Waals surface area contributed by atoms with Gasteiger partial charge < -0.3 is 4.18 Å². The molecule has 0 aliphatic heterocycles. The fraction of sp³-hybridized carbons (Fsp3) is 0.280. The van der Waals surface area contributed by atoms with Gasteiger partial charge in [0.05, 0.1) is 0 Å². The summed E-state index contributed by atoms with van der Waals surface area (Å²) in [5, 5.41) is 0. The van der Waals surface area contributed by atoms with Crippen molar-refractivity contribution in [2.45, 2.75) is 51.3 Å². The van der Waals surface area contributed by atoms with Gasteiger partial charge in [-0.1, -0.05) is 42.0 Å². The molecule has 0 aromatic heterocycles. The van der Waals surface area contributed by atoms with E-state index in [1.165, 1.54) is 17.5 Å². The number of benzene rings is 3. The van der Waals surface area contributed by atoms with E-state index in [0.29, 0.717) is 5.75 Å². The highest BCUT2D eigenvalue weighted by atomic mass is 32.2. The predicted octanol–water partition coefficient (Wildman–Crippen LogP) is 5.93. The van der Waals surface area contributed by atoms with Crippen LogP contribution in [0.5, 0.6) is 5.75 Å². The predicted molar refractivity (Wildman–Crippen MR) is 117 cm³/mol. The Morgan fingerprint density at radius 2 is 1.48 bits per heavy atom. The second-order valence-electron chi connectivity index (χ2n) is 7.95. The lowest BCUT2D eigenvalue weighted by atomic mass is 9.83. The Morgan fingerprint density at radius 1 is 0.793 bits per heavy atom. The van der Waals surface area contributed by atoms with Crippen LogP contribution in [-0.4, -0.2) is 8.42 Å². The molecule has 0 N–H and O–H groups in total. The summed E-state index contributed by atoms with van der Waals surface area (Å²) >= 11 is 0. The second-order valence-corrected chi connectivity index (χ2v) is 9.50. The molecule has 0 fully saturated rings. The average Bonchev–Trinajstić information content (AvgIpc) is 2.69. The van der Waals surface area contributed by atoms with Crippen molar-refractivity contribution in [1.82, 2.24) is 0 Å². The summed E-state index contributed by atoms with van der Waals surface area (Å²) in [5.41, 5.74) is 7.78. The number of fused-ring (bicyclic) bond motifs is 1. The fourth-order valence-electron chi connectivity index (χ4n) is 4.10. The third-order valence-corrected chi connectivity index (χ3v) is 6.91. The first kappa shape index (κ1) is 19.7. The number of aryl methyl sites for hydroxylation is 4. The monoisotopic (exact) mass is 406 g/mol. The Kier molecular flexibility index (Phi) is 5.22. The van der Waals surface area contributed by atoms with Crippen molar-refractivity contribution in [2.24, 2.45) is 0 Å². The molecule has 0 amide bonds. The van der Waals surface area contributed by atoms with E-state index >= 15 is 0 Å². The highest BCUT2D eigenvalue weighted by molar-refractivity contribution is 7.87. The van der Waals surface area contributed by atoms with Crippen LogP contribution in [0.3, 0.4) is 0 Å². The standard InChI is InChI=1S/C25H26O3S/c1-17-8-13-21(14-9-17)29(26,27)28-24-16-18(2)10-15-23(24)25-19(3)11-12-20-6-4-5-7-22(20)25/h8-16H,4-7H2,1-3H3. The summed E-state index contributed by atoms with van der Waals surface area (Å²) in [6.07, 6.45) is 4.46. The quantitative estimate of drug-likeness (QED) is 0.505. The zero-order valence-electron chi connectivity index (χ0n) is 17.2. The van der Waals surface area contributed by atoms with Gasteiger partial charge >= 0.3 is 10.1 Å². The van der Waals surface area contributed by atoms with Gasteiger partial charge in [-0.3, -0.25) is 0 Å². The largest absolute Gasteiger partial charge is 0.378 e. The van der Waals surface area contributed by atoms with Crippen LogP contribution in [0.2, 0.25) is 0 Å². The SMILES string of the molecule is Cc1ccc(S(=O)(=O)Oc2cc(C)ccc2-c2c(C)ccc3c2CCCC3)cc1. The van der Waals surface area contributed by atoms with Crippen LogP contribution in [0, 0.1) is 20.8 Å². The topological polar surface area (TPSA) is 43.4 Å². The van der Waals surface area contributed by atoms with Gasteiger partial charge in [-0.25, -0.2) is 0 Å². The molecule has 0 saturated heterocycles. The zero-order valence-corrected chi connectivity index (χ0v) is 18.0. The lowest BCUT2D eigenvalue weighted by Gasteiger charge is -2.23. The molecule has 0 saturated carbocycles. The number of rotatable bonds is 4. The van der Waals surface area contributed by atoms with Crippen molar-refractivity contribution < 1.29 is 12.6 Å². The number of hydrogen-bond acceptors (Lipinski definition) is 3. The molecule has 3 aromatic rings. The van der Waals surface area contributed by atoms with Crippen molar-refractivity contribution >= 4 is 10.1 Å². The van der Waals surface area contributed by atoms with E-state index < -0.39 is 10.1 Å². The third-order valence-electron chi connectivity index (χ3n) is 5.66. The molecule has 4 heteroatoms. The molecular weight excluding hydrogens is 380 g/mol. The summed E-state index contributed by atoms with van der Waals surface area (Å²) in [4.78, 5) is 0.169. The molecule has 29 heavy (non-hydrogen) atoms. The smallest absolute Gasteiger partial charge is 0.339 e. The van der Waals surface area contributed by atoms with Crippen molar-refractivity contribution in [3.8, 4) is 16.9 Å². The van der Waals surface area contributed by atoms with Crippen LogP contribution >= 0.6 is 0 Å². The summed E-state index contributed by atoms with van der Waals surface area (Å²) in [6, 6.07) is 16.9. The fourth-order valence-corrected chi connectivity index (χ4v) is 5.04. The molecule has 4 rings (SSSR count). The van der Waals surface area contributed by atoms with Gasteiger partial charge in [-0.2, -0.15) is 8.42 Å². The van der Waals surface area contributed by atoms with Crippen LogP contribution in [0.4, 0.5) is 0 Å². The molecule has 1 aliphatic rings. The van der Waals surface area contributed by atoms with Crippen molar-refractivity contribution in [3.05, 3.63) is 82.4 Å². The molecule has 0 spiro atoms. The zero-order chi connectivity index (χ0) is 20.6. The van der Waals surface area contributed by atoms with Gasteiger partial charge in [-0.05, 0) is 92.5 Å². The molecule has 0 heterocycles. The Labute approximate surface area is 173 Å². The van der Waals surface area contributed by atoms with Crippen LogP contribution in [0.15, 0.2) is 59.5 Å². The van der Waals surface area contributed by atoms with Gasteiger partial charge in [0.25, 0.3) is 0 Å². The first-order valence-corrected chi connectivity index (χ1v) is 11.5. The van der Waals surface area contributed by atoms with Crippen molar-refractivity contribution in [3.63, 3.8) is 0 Å². The van der Waals surface area contributed by atoms with E-state index in [-0.39, 0.29) is 4.90 Å². The summed E-state index contributed by atoms with van der Waals surface area (Å²) in [7, 11) is -3.91. The van der Waals surface area contributed by atoms with Crippen LogP contribution in [0.1, 0.15) is 40.7 Å². The maximum Gasteiger partial charge on any atom is 0.339 e. The average molecular weight is 407 g/mol. The molecule has 0 unspecified atom stereocenters. The molecular formula is C25H26O3S. The normalized spacial score (nSPS) is 13.8. The van der Waals surface area contributed by atoms with Gasteiger partial charge in [0, 0.05) is 5.56 Å². The van der Waals surface area contributed by atoms with E-state index in [1.807, 2.05) is 32.0 Å². The first-order valence-electron chi connectivity index (χ1n) is 10.1. The van der Waals surface area contributed by atoms with Gasteiger partial charge in [0.1, 0.15) is 4.90 Å². The molecule has 150 valence electrons. The maximum atomic E-state index is 13.0. The molecule has 3 nitrogen and oxygen atoms in total. The third kappa shape index (κ3) is 3.95. The molecule has 1 aliphatic carbocycles. The van der Waals surface area contributed by atoms with E-state index in [0.717, 1.165) is 47.1 Å². The van der Waals surface area contributed by atoms with Crippen LogP contribution < -0.4 is 4.18 Å². The first-order chi connectivity index (χ1) is 13.8. The maximum absolute atomic E-state index is 13.0. The van der Waals surface area contributed by atoms with E-state index in [9.17, 15) is 8.42 Å². The summed E-state index contributed by atoms with van der Waals surface area (Å²) in [5.74, 6) is 0.396. The summed E-state index contributed by atoms with van der Waals surface area (Å²) in [6.45, 7) is 5.96. The minimum absolute atomic E-state index is 0.169. The second kappa shape index (κ2) is 7.68. The van der Waals surface area contributed by atoms with Gasteiger partial charge in [-0.15, -0.1) is 0 Å².